The molecule has 0 aliphatic heterocycles. The molecule has 0 spiro atoms. The molecule has 3 aromatic carbocycles. The second-order valence-electron chi connectivity index (χ2n) is 11.5. The molecule has 246 valence electrons. The van der Waals surface area contributed by atoms with Gasteiger partial charge in [-0.05, 0) is 93.1 Å². The lowest BCUT2D eigenvalue weighted by atomic mass is 10.0. The molecule has 11 nitrogen and oxygen atoms in total. The molecule has 14 heteroatoms. The molecule has 0 fully saturated rings. The van der Waals surface area contributed by atoms with Crippen molar-refractivity contribution >= 4 is 35.3 Å². The van der Waals surface area contributed by atoms with E-state index in [4.69, 9.17) is 20.9 Å². The fourth-order valence-electron chi connectivity index (χ4n) is 4.51. The van der Waals surface area contributed by atoms with E-state index in [2.05, 4.69) is 25.8 Å². The van der Waals surface area contributed by atoms with Gasteiger partial charge in [-0.1, -0.05) is 28.9 Å². The van der Waals surface area contributed by atoms with Gasteiger partial charge in [0.25, 0.3) is 11.8 Å². The van der Waals surface area contributed by atoms with Crippen LogP contribution in [0, 0.1) is 11.6 Å². The van der Waals surface area contributed by atoms with Gasteiger partial charge in [-0.2, -0.15) is 4.98 Å². The predicted octanol–water partition coefficient (Wildman–Crippen LogP) is 7.17. The summed E-state index contributed by atoms with van der Waals surface area (Å²) in [7, 11) is 0. The molecule has 5 aromatic rings. The number of benzene rings is 3. The van der Waals surface area contributed by atoms with Gasteiger partial charge in [-0.15, -0.1) is 0 Å². The number of amides is 2. The molecule has 0 saturated carbocycles. The number of pyridine rings is 1. The average Bonchev–Trinajstić information content (AvgIpc) is 3.50. The summed E-state index contributed by atoms with van der Waals surface area (Å²) in [5.74, 6) is -3.50. The van der Waals surface area contributed by atoms with Crippen LogP contribution in [0.2, 0.25) is 5.02 Å². The standard InChI is InChI=1S/C34H28ClF2N5O6/c1-34(2,3)47-33(46)38-21-11-8-19(9-12-21)31-41-29(42-48-31)23-13-7-18(15-24(23)36)16-28(32(44)45)40-30(43)27-6-4-5-26(39-27)22-14-10-20(35)17-25(22)37/h4-15,17,28H,16H2,1-3H3,(H,38,46)(H,40,43)(H,44,45). The molecule has 3 N–H and O–H groups in total. The first-order valence-corrected chi connectivity index (χ1v) is 14.8. The number of ether oxygens (including phenoxy) is 1. The molecule has 0 bridgehead atoms. The van der Waals surface area contributed by atoms with E-state index < -0.39 is 41.2 Å². The topological polar surface area (TPSA) is 157 Å². The molecule has 0 aliphatic rings. The van der Waals surface area contributed by atoms with Crippen LogP contribution in [-0.4, -0.2) is 49.8 Å². The number of rotatable bonds is 9. The number of carboxylic acid groups (broad SMARTS) is 1. The van der Waals surface area contributed by atoms with Crippen LogP contribution >= 0.6 is 11.6 Å². The summed E-state index contributed by atoms with van der Waals surface area (Å²) in [6.45, 7) is 5.25. The minimum absolute atomic E-state index is 0.00307. The van der Waals surface area contributed by atoms with E-state index in [9.17, 15) is 23.9 Å². The third kappa shape index (κ3) is 8.36. The second-order valence-corrected chi connectivity index (χ2v) is 12.0. The zero-order chi connectivity index (χ0) is 34.6. The van der Waals surface area contributed by atoms with Crippen LogP contribution in [0.15, 0.2) is 83.4 Å². The summed E-state index contributed by atoms with van der Waals surface area (Å²) in [5, 5.41) is 18.8. The van der Waals surface area contributed by atoms with Crippen molar-refractivity contribution in [2.45, 2.75) is 38.8 Å². The maximum Gasteiger partial charge on any atom is 0.412 e. The van der Waals surface area contributed by atoms with Gasteiger partial charge in [0.2, 0.25) is 5.82 Å². The summed E-state index contributed by atoms with van der Waals surface area (Å²) >= 11 is 5.82. The first-order chi connectivity index (χ1) is 22.8. The Bertz CT molecular complexity index is 2000. The van der Waals surface area contributed by atoms with Crippen LogP contribution in [0.4, 0.5) is 19.3 Å². The van der Waals surface area contributed by atoms with Crippen molar-refractivity contribution < 1.29 is 37.5 Å². The van der Waals surface area contributed by atoms with Gasteiger partial charge in [-0.3, -0.25) is 10.1 Å². The number of nitrogens with one attached hydrogen (secondary N) is 2. The SMILES string of the molecule is CC(C)(C)OC(=O)Nc1ccc(-c2nc(-c3ccc(CC(NC(=O)c4cccc(-c5ccc(Cl)cc5F)n4)C(=O)O)cc3F)no2)cc1. The number of aliphatic carboxylic acids is 1. The Kier molecular flexibility index (Phi) is 9.80. The lowest BCUT2D eigenvalue weighted by molar-refractivity contribution is -0.139. The molecule has 0 radical (unpaired) electrons. The maximum atomic E-state index is 15.2. The van der Waals surface area contributed by atoms with Gasteiger partial charge in [0.05, 0.1) is 11.3 Å². The Hall–Kier alpha value is -5.69. The fraction of sp³-hybridized carbons (Fsp3) is 0.176. The Labute approximate surface area is 277 Å². The molecule has 48 heavy (non-hydrogen) atoms. The van der Waals surface area contributed by atoms with E-state index in [0.29, 0.717) is 11.3 Å². The highest BCUT2D eigenvalue weighted by molar-refractivity contribution is 6.30. The lowest BCUT2D eigenvalue weighted by Crippen LogP contribution is -2.42. The van der Waals surface area contributed by atoms with Crippen LogP contribution in [0.1, 0.15) is 36.8 Å². The molecule has 1 atom stereocenters. The van der Waals surface area contributed by atoms with Crippen molar-refractivity contribution in [1.82, 2.24) is 20.4 Å². The Morgan fingerprint density at radius 3 is 2.31 bits per heavy atom. The lowest BCUT2D eigenvalue weighted by Gasteiger charge is -2.19. The number of hydrogen-bond donors (Lipinski definition) is 3. The number of hydrogen-bond acceptors (Lipinski definition) is 8. The predicted molar refractivity (Wildman–Crippen MR) is 172 cm³/mol. The highest BCUT2D eigenvalue weighted by atomic mass is 35.5. The molecular formula is C34H28ClF2N5O6. The molecule has 0 aliphatic carbocycles. The smallest absolute Gasteiger partial charge is 0.412 e. The van der Waals surface area contributed by atoms with E-state index in [1.807, 2.05) is 0 Å². The summed E-state index contributed by atoms with van der Waals surface area (Å²) in [6, 6.07) is 17.4. The minimum atomic E-state index is -1.44. The summed E-state index contributed by atoms with van der Waals surface area (Å²) in [5.41, 5.74) is 0.726. The Morgan fingerprint density at radius 1 is 0.938 bits per heavy atom. The van der Waals surface area contributed by atoms with E-state index in [-0.39, 0.29) is 51.2 Å². The number of anilines is 1. The van der Waals surface area contributed by atoms with Crippen LogP contribution < -0.4 is 10.6 Å². The van der Waals surface area contributed by atoms with Gasteiger partial charge in [0.1, 0.15) is 29.0 Å². The van der Waals surface area contributed by atoms with E-state index in [1.165, 1.54) is 42.5 Å². The van der Waals surface area contributed by atoms with E-state index >= 15 is 4.39 Å². The second kappa shape index (κ2) is 14.0. The van der Waals surface area contributed by atoms with Crippen molar-refractivity contribution in [2.24, 2.45) is 0 Å². The third-order valence-corrected chi connectivity index (χ3v) is 6.94. The number of halogens is 3. The summed E-state index contributed by atoms with van der Waals surface area (Å²) in [4.78, 5) is 45.4. The van der Waals surface area contributed by atoms with Gasteiger partial charge in [-0.25, -0.2) is 23.4 Å². The van der Waals surface area contributed by atoms with Crippen LogP contribution in [0.5, 0.6) is 0 Å². The van der Waals surface area contributed by atoms with Gasteiger partial charge >= 0.3 is 12.1 Å². The van der Waals surface area contributed by atoms with Crippen molar-refractivity contribution in [3.63, 3.8) is 0 Å². The highest BCUT2D eigenvalue weighted by Gasteiger charge is 2.24. The zero-order valence-electron chi connectivity index (χ0n) is 25.8. The molecule has 2 heterocycles. The highest BCUT2D eigenvalue weighted by Crippen LogP contribution is 2.27. The fourth-order valence-corrected chi connectivity index (χ4v) is 4.67. The maximum absolute atomic E-state index is 15.2. The van der Waals surface area contributed by atoms with E-state index in [0.717, 1.165) is 12.1 Å². The zero-order valence-corrected chi connectivity index (χ0v) is 26.5. The number of carbonyl (C=O) groups is 3. The quantitative estimate of drug-likeness (QED) is 0.147. The molecule has 0 saturated heterocycles. The van der Waals surface area contributed by atoms with Crippen molar-refractivity contribution in [2.75, 3.05) is 5.32 Å². The molecule has 2 amide bonds. The number of nitrogens with zero attached hydrogens (tertiary/aromatic N) is 3. The average molecular weight is 676 g/mol. The number of carboxylic acids is 1. The van der Waals surface area contributed by atoms with Gasteiger partial charge in [0.15, 0.2) is 0 Å². The summed E-state index contributed by atoms with van der Waals surface area (Å²) < 4.78 is 40.2. The molecule has 1 unspecified atom stereocenters. The third-order valence-electron chi connectivity index (χ3n) is 6.71. The van der Waals surface area contributed by atoms with Crippen molar-refractivity contribution in [1.29, 1.82) is 0 Å². The monoisotopic (exact) mass is 675 g/mol. The van der Waals surface area contributed by atoms with Crippen molar-refractivity contribution in [3.8, 4) is 34.1 Å². The minimum Gasteiger partial charge on any atom is -0.480 e. The van der Waals surface area contributed by atoms with Crippen LogP contribution in [0.25, 0.3) is 34.1 Å². The van der Waals surface area contributed by atoms with E-state index in [1.54, 1.807) is 45.0 Å². The molecule has 2 aromatic heterocycles. The Balaban J connectivity index is 1.25. The first-order valence-electron chi connectivity index (χ1n) is 14.4. The number of aromatic nitrogens is 3. The normalized spacial score (nSPS) is 11.9. The molecular weight excluding hydrogens is 648 g/mol. The summed E-state index contributed by atoms with van der Waals surface area (Å²) in [6.07, 6.45) is -0.869. The van der Waals surface area contributed by atoms with Crippen molar-refractivity contribution in [3.05, 3.63) is 107 Å². The number of carbonyl (C=O) groups excluding carboxylic acids is 2. The van der Waals surface area contributed by atoms with Crippen LogP contribution in [-0.2, 0) is 16.0 Å². The Morgan fingerprint density at radius 2 is 1.65 bits per heavy atom. The largest absolute Gasteiger partial charge is 0.480 e. The van der Waals surface area contributed by atoms with Gasteiger partial charge in [0, 0.05) is 28.3 Å². The molecule has 5 rings (SSSR count). The van der Waals surface area contributed by atoms with Crippen LogP contribution in [0.3, 0.4) is 0 Å². The first kappa shape index (κ1) is 33.7. The van der Waals surface area contributed by atoms with Gasteiger partial charge < -0.3 is 19.7 Å².